The van der Waals surface area contributed by atoms with Crippen LogP contribution in [-0.4, -0.2) is 26.7 Å². The molecular weight excluding hydrogens is 308 g/mol. The lowest BCUT2D eigenvalue weighted by Crippen LogP contribution is -2.41. The second-order valence-electron chi connectivity index (χ2n) is 6.60. The van der Waals surface area contributed by atoms with Crippen LogP contribution in [0.4, 0.5) is 0 Å². The summed E-state index contributed by atoms with van der Waals surface area (Å²) in [5.74, 6) is 2.06. The molecular formula is C17H22N4OS. The highest BCUT2D eigenvalue weighted by Gasteiger charge is 2.24. The van der Waals surface area contributed by atoms with Crippen molar-refractivity contribution in [2.24, 2.45) is 0 Å². The van der Waals surface area contributed by atoms with Crippen molar-refractivity contribution in [2.45, 2.75) is 64.5 Å². The van der Waals surface area contributed by atoms with Gasteiger partial charge in [0.2, 0.25) is 0 Å². The average molecular weight is 330 g/mol. The number of thiophene rings is 1. The molecule has 4 rings (SSSR count). The molecule has 1 atom stereocenters. The summed E-state index contributed by atoms with van der Waals surface area (Å²) < 4.78 is 2.12. The molecule has 1 amide bonds. The lowest BCUT2D eigenvalue weighted by Gasteiger charge is -2.24. The minimum absolute atomic E-state index is 0.0854. The first-order chi connectivity index (χ1) is 11.2. The van der Waals surface area contributed by atoms with Gasteiger partial charge in [-0.25, -0.2) is 0 Å². The predicted molar refractivity (Wildman–Crippen MR) is 89.9 cm³/mol. The number of aryl methyl sites for hydroxylation is 4. The lowest BCUT2D eigenvalue weighted by atomic mass is 10.1. The van der Waals surface area contributed by atoms with Gasteiger partial charge in [0.15, 0.2) is 0 Å². The summed E-state index contributed by atoms with van der Waals surface area (Å²) >= 11 is 1.69. The van der Waals surface area contributed by atoms with Crippen molar-refractivity contribution in [3.05, 3.63) is 33.0 Å². The van der Waals surface area contributed by atoms with Crippen LogP contribution in [0.15, 0.2) is 6.07 Å². The van der Waals surface area contributed by atoms with Crippen molar-refractivity contribution < 1.29 is 4.79 Å². The number of nitrogens with one attached hydrogen (secondary N) is 1. The van der Waals surface area contributed by atoms with E-state index in [1.807, 2.05) is 6.92 Å². The van der Waals surface area contributed by atoms with Crippen molar-refractivity contribution in [1.82, 2.24) is 20.1 Å². The molecule has 0 unspecified atom stereocenters. The van der Waals surface area contributed by atoms with Gasteiger partial charge in [-0.2, -0.15) is 0 Å². The van der Waals surface area contributed by atoms with Crippen molar-refractivity contribution >= 4 is 17.2 Å². The maximum absolute atomic E-state index is 12.6. The summed E-state index contributed by atoms with van der Waals surface area (Å²) in [4.78, 5) is 14.9. The van der Waals surface area contributed by atoms with Crippen molar-refractivity contribution in [3.63, 3.8) is 0 Å². The maximum Gasteiger partial charge on any atom is 0.261 e. The van der Waals surface area contributed by atoms with Crippen molar-refractivity contribution in [2.75, 3.05) is 0 Å². The molecule has 0 radical (unpaired) electrons. The topological polar surface area (TPSA) is 59.8 Å². The first kappa shape index (κ1) is 14.9. The van der Waals surface area contributed by atoms with Crippen LogP contribution in [0.2, 0.25) is 0 Å². The van der Waals surface area contributed by atoms with Crippen LogP contribution in [0.3, 0.4) is 0 Å². The molecule has 0 saturated heterocycles. The molecule has 5 nitrogen and oxygen atoms in total. The quantitative estimate of drug-likeness (QED) is 0.861. The van der Waals surface area contributed by atoms with E-state index in [4.69, 9.17) is 0 Å². The van der Waals surface area contributed by atoms with Gasteiger partial charge in [0.05, 0.1) is 4.88 Å². The zero-order valence-corrected chi connectivity index (χ0v) is 14.3. The standard InChI is InChI=1S/C17H22N4OS/c1-11-19-20-16-8-7-13(10-21(11)16)18-17(22)15-9-12-5-3-2-4-6-14(12)23-15/h9,13H,2-8,10H2,1H3,(H,18,22)/t13-/m1/s1. The first-order valence-electron chi connectivity index (χ1n) is 8.52. The molecule has 1 N–H and O–H groups in total. The fourth-order valence-electron chi connectivity index (χ4n) is 3.62. The first-order valence-corrected chi connectivity index (χ1v) is 9.33. The Balaban J connectivity index is 1.45. The molecule has 0 bridgehead atoms. The summed E-state index contributed by atoms with van der Waals surface area (Å²) in [6.07, 6.45) is 7.91. The second-order valence-corrected chi connectivity index (χ2v) is 7.74. The number of hydrogen-bond acceptors (Lipinski definition) is 4. The maximum atomic E-state index is 12.6. The normalized spacial score (nSPS) is 20.5. The van der Waals surface area contributed by atoms with Crippen LogP contribution < -0.4 is 5.32 Å². The van der Waals surface area contributed by atoms with E-state index in [1.165, 1.54) is 29.7 Å². The van der Waals surface area contributed by atoms with Crippen LogP contribution in [0.25, 0.3) is 0 Å². The largest absolute Gasteiger partial charge is 0.347 e. The molecule has 122 valence electrons. The van der Waals surface area contributed by atoms with Crippen LogP contribution in [0, 0.1) is 6.92 Å². The van der Waals surface area contributed by atoms with Crippen LogP contribution >= 0.6 is 11.3 Å². The van der Waals surface area contributed by atoms with E-state index in [9.17, 15) is 4.79 Å². The fourth-order valence-corrected chi connectivity index (χ4v) is 4.77. The van der Waals surface area contributed by atoms with Gasteiger partial charge in [-0.05, 0) is 50.7 Å². The van der Waals surface area contributed by atoms with Crippen LogP contribution in [-0.2, 0) is 25.8 Å². The highest BCUT2D eigenvalue weighted by molar-refractivity contribution is 7.14. The number of nitrogens with zero attached hydrogens (tertiary/aromatic N) is 3. The monoisotopic (exact) mass is 330 g/mol. The van der Waals surface area contributed by atoms with Gasteiger partial charge in [0.25, 0.3) is 5.91 Å². The Kier molecular flexibility index (Phi) is 3.93. The minimum Gasteiger partial charge on any atom is -0.347 e. The van der Waals surface area contributed by atoms with Crippen molar-refractivity contribution in [1.29, 1.82) is 0 Å². The van der Waals surface area contributed by atoms with Crippen LogP contribution in [0.1, 0.15) is 57.4 Å². The van der Waals surface area contributed by atoms with Gasteiger partial charge >= 0.3 is 0 Å². The molecule has 0 aromatic carbocycles. The lowest BCUT2D eigenvalue weighted by molar-refractivity contribution is 0.0931. The van der Waals surface area contributed by atoms with Gasteiger partial charge in [-0.3, -0.25) is 4.79 Å². The molecule has 1 aliphatic carbocycles. The molecule has 2 aliphatic rings. The molecule has 2 aromatic rings. The van der Waals surface area contributed by atoms with E-state index in [0.717, 1.165) is 48.8 Å². The zero-order valence-electron chi connectivity index (χ0n) is 13.5. The SMILES string of the molecule is Cc1nnc2n1C[C@H](NC(=O)c1cc3c(s1)CCCCC3)CC2. The molecule has 0 spiro atoms. The van der Waals surface area contributed by atoms with Gasteiger partial charge in [0.1, 0.15) is 11.6 Å². The minimum atomic E-state index is 0.0854. The third kappa shape index (κ3) is 2.92. The molecule has 2 aromatic heterocycles. The summed E-state index contributed by atoms with van der Waals surface area (Å²) in [5, 5.41) is 11.5. The molecule has 6 heteroatoms. The van der Waals surface area contributed by atoms with E-state index >= 15 is 0 Å². The second kappa shape index (κ2) is 6.07. The molecule has 0 saturated carbocycles. The number of hydrogen-bond donors (Lipinski definition) is 1. The molecule has 3 heterocycles. The Morgan fingerprint density at radius 1 is 1.26 bits per heavy atom. The van der Waals surface area contributed by atoms with Gasteiger partial charge in [-0.1, -0.05) is 6.42 Å². The zero-order chi connectivity index (χ0) is 15.8. The number of rotatable bonds is 2. The summed E-state index contributed by atoms with van der Waals surface area (Å²) in [6.45, 7) is 2.75. The third-order valence-electron chi connectivity index (χ3n) is 4.94. The number of fused-ring (bicyclic) bond motifs is 2. The summed E-state index contributed by atoms with van der Waals surface area (Å²) in [7, 11) is 0. The van der Waals surface area contributed by atoms with Gasteiger partial charge in [0, 0.05) is 23.9 Å². The Bertz CT molecular complexity index is 710. The number of amides is 1. The van der Waals surface area contributed by atoms with E-state index in [2.05, 4.69) is 26.1 Å². The summed E-state index contributed by atoms with van der Waals surface area (Å²) in [5.41, 5.74) is 1.40. The highest BCUT2D eigenvalue weighted by Crippen LogP contribution is 2.29. The Labute approximate surface area is 140 Å². The average Bonchev–Trinajstić information content (AvgIpc) is 3.05. The Hall–Kier alpha value is -1.69. The summed E-state index contributed by atoms with van der Waals surface area (Å²) in [6, 6.07) is 2.30. The predicted octanol–water partition coefficient (Wildman–Crippen LogP) is 2.66. The smallest absolute Gasteiger partial charge is 0.261 e. The molecule has 1 aliphatic heterocycles. The van der Waals surface area contributed by atoms with E-state index in [-0.39, 0.29) is 11.9 Å². The van der Waals surface area contributed by atoms with Crippen molar-refractivity contribution in [3.8, 4) is 0 Å². The van der Waals surface area contributed by atoms with Gasteiger partial charge < -0.3 is 9.88 Å². The Morgan fingerprint density at radius 3 is 3.04 bits per heavy atom. The molecule has 0 fully saturated rings. The number of aromatic nitrogens is 3. The number of carbonyl (C=O) groups excluding carboxylic acids is 1. The van der Waals surface area contributed by atoms with E-state index in [0.29, 0.717) is 0 Å². The molecule has 23 heavy (non-hydrogen) atoms. The van der Waals surface area contributed by atoms with Crippen LogP contribution in [0.5, 0.6) is 0 Å². The highest BCUT2D eigenvalue weighted by atomic mass is 32.1. The fraction of sp³-hybridized carbons (Fsp3) is 0.588. The number of carbonyl (C=O) groups is 1. The van der Waals surface area contributed by atoms with E-state index < -0.39 is 0 Å². The van der Waals surface area contributed by atoms with Gasteiger partial charge in [-0.15, -0.1) is 21.5 Å². The Morgan fingerprint density at radius 2 is 2.13 bits per heavy atom. The third-order valence-corrected chi connectivity index (χ3v) is 6.17. The van der Waals surface area contributed by atoms with E-state index in [1.54, 1.807) is 11.3 Å².